The topological polar surface area (TPSA) is 65.5 Å². The van der Waals surface area contributed by atoms with Gasteiger partial charge in [-0.05, 0) is 47.5 Å². The van der Waals surface area contributed by atoms with Crippen LogP contribution in [0.25, 0.3) is 0 Å². The molecule has 0 spiro atoms. The number of hydrogen-bond acceptors (Lipinski definition) is 3. The fourth-order valence-electron chi connectivity index (χ4n) is 2.81. The maximum Gasteiger partial charge on any atom is 0.194 e. The number of aromatic amines is 1. The van der Waals surface area contributed by atoms with E-state index in [0.717, 1.165) is 49.7 Å². The van der Waals surface area contributed by atoms with Crippen LogP contribution in [-0.2, 0) is 11.3 Å². The van der Waals surface area contributed by atoms with Gasteiger partial charge < -0.3 is 15.0 Å². The molecule has 2 rings (SSSR count). The van der Waals surface area contributed by atoms with Crippen LogP contribution in [0.15, 0.2) is 11.2 Å². The molecule has 1 aliphatic heterocycles. The number of nitrogens with zero attached hydrogens (tertiary/aromatic N) is 3. The third-order valence-corrected chi connectivity index (χ3v) is 3.93. The average molecular weight is 321 g/mol. The van der Waals surface area contributed by atoms with E-state index in [9.17, 15) is 0 Å². The van der Waals surface area contributed by atoms with Crippen LogP contribution >= 0.6 is 0 Å². The lowest BCUT2D eigenvalue weighted by Gasteiger charge is -2.37. The Kier molecular flexibility index (Phi) is 6.04. The van der Waals surface area contributed by atoms with Gasteiger partial charge in [0.2, 0.25) is 0 Å². The van der Waals surface area contributed by atoms with Crippen molar-refractivity contribution in [3.05, 3.63) is 17.5 Å². The smallest absolute Gasteiger partial charge is 0.194 e. The van der Waals surface area contributed by atoms with E-state index in [-0.39, 0.29) is 5.60 Å². The second kappa shape index (κ2) is 7.81. The van der Waals surface area contributed by atoms with Gasteiger partial charge in [-0.25, -0.2) is 4.99 Å². The molecule has 0 saturated carbocycles. The Labute approximate surface area is 139 Å². The molecule has 1 saturated heterocycles. The molecule has 0 radical (unpaired) electrons. The number of nitrogens with one attached hydrogen (secondary N) is 2. The number of ether oxygens (including phenoxy) is 1. The van der Waals surface area contributed by atoms with Gasteiger partial charge in [0.15, 0.2) is 5.96 Å². The number of aryl methyl sites for hydroxylation is 1. The van der Waals surface area contributed by atoms with Crippen molar-refractivity contribution in [2.24, 2.45) is 4.99 Å². The zero-order valence-electron chi connectivity index (χ0n) is 15.1. The second-order valence-electron chi connectivity index (χ2n) is 7.11. The number of piperidine rings is 1. The van der Waals surface area contributed by atoms with Crippen LogP contribution in [0.3, 0.4) is 0 Å². The number of H-pyrrole nitrogens is 1. The van der Waals surface area contributed by atoms with Gasteiger partial charge in [0.25, 0.3) is 0 Å². The molecule has 0 bridgehead atoms. The van der Waals surface area contributed by atoms with E-state index in [1.165, 1.54) is 0 Å². The number of likely N-dealkylation sites (tertiary alicyclic amines) is 1. The van der Waals surface area contributed by atoms with E-state index in [0.29, 0.717) is 12.6 Å². The summed E-state index contributed by atoms with van der Waals surface area (Å²) < 4.78 is 6.10. The Morgan fingerprint density at radius 2 is 2.13 bits per heavy atom. The van der Waals surface area contributed by atoms with E-state index >= 15 is 0 Å². The maximum atomic E-state index is 6.10. The van der Waals surface area contributed by atoms with Crippen molar-refractivity contribution in [3.8, 4) is 0 Å². The molecule has 6 nitrogen and oxygen atoms in total. The largest absolute Gasteiger partial charge is 0.372 e. The lowest BCUT2D eigenvalue weighted by Crippen LogP contribution is -2.47. The van der Waals surface area contributed by atoms with Crippen molar-refractivity contribution in [3.63, 3.8) is 0 Å². The first kappa shape index (κ1) is 17.8. The minimum absolute atomic E-state index is 0.0652. The quantitative estimate of drug-likeness (QED) is 0.660. The molecule has 0 unspecified atom stereocenters. The first-order valence-electron chi connectivity index (χ1n) is 8.59. The predicted molar refractivity (Wildman–Crippen MR) is 93.6 cm³/mol. The lowest BCUT2D eigenvalue weighted by atomic mass is 10.1. The number of aliphatic imine (C=N–C) groups is 1. The molecule has 0 atom stereocenters. The molecule has 1 aromatic rings. The molecule has 23 heavy (non-hydrogen) atoms. The van der Waals surface area contributed by atoms with Gasteiger partial charge in [0.05, 0.1) is 24.4 Å². The van der Waals surface area contributed by atoms with E-state index in [1.54, 1.807) is 0 Å². The summed E-state index contributed by atoms with van der Waals surface area (Å²) in [5.74, 6) is 0.988. The summed E-state index contributed by atoms with van der Waals surface area (Å²) in [4.78, 5) is 7.11. The van der Waals surface area contributed by atoms with Gasteiger partial charge in [-0.2, -0.15) is 5.10 Å². The SMILES string of the molecule is CCNC(=NCc1cn[nH]c1C)N1CCC(OC(C)(C)C)CC1. The Morgan fingerprint density at radius 1 is 1.43 bits per heavy atom. The van der Waals surface area contributed by atoms with Crippen LogP contribution in [0.2, 0.25) is 0 Å². The molecule has 6 heteroatoms. The molecule has 0 aromatic carbocycles. The first-order chi connectivity index (χ1) is 10.9. The Morgan fingerprint density at radius 3 is 2.65 bits per heavy atom. The molecule has 1 aromatic heterocycles. The van der Waals surface area contributed by atoms with E-state index < -0.39 is 0 Å². The van der Waals surface area contributed by atoms with Crippen molar-refractivity contribution >= 4 is 5.96 Å². The predicted octanol–water partition coefficient (Wildman–Crippen LogP) is 2.46. The van der Waals surface area contributed by atoms with E-state index in [4.69, 9.17) is 9.73 Å². The van der Waals surface area contributed by atoms with Gasteiger partial charge >= 0.3 is 0 Å². The standard InChI is InChI=1S/C17H31N5O/c1-6-18-16(19-11-14-12-20-21-13(14)2)22-9-7-15(8-10-22)23-17(3,4)5/h12,15H,6-11H2,1-5H3,(H,18,19)(H,20,21). The van der Waals surface area contributed by atoms with Crippen LogP contribution in [0.1, 0.15) is 51.8 Å². The molecule has 1 aliphatic rings. The van der Waals surface area contributed by atoms with Crippen molar-refractivity contribution in [2.45, 2.75) is 65.7 Å². The van der Waals surface area contributed by atoms with Crippen LogP contribution in [0.4, 0.5) is 0 Å². The van der Waals surface area contributed by atoms with Crippen LogP contribution in [0, 0.1) is 6.92 Å². The minimum Gasteiger partial charge on any atom is -0.372 e. The van der Waals surface area contributed by atoms with Crippen molar-refractivity contribution < 1.29 is 4.74 Å². The summed E-state index contributed by atoms with van der Waals surface area (Å²) in [6.45, 7) is 14.0. The van der Waals surface area contributed by atoms with Crippen LogP contribution < -0.4 is 5.32 Å². The number of aromatic nitrogens is 2. The zero-order valence-corrected chi connectivity index (χ0v) is 15.1. The summed E-state index contributed by atoms with van der Waals surface area (Å²) in [6.07, 6.45) is 4.30. The van der Waals surface area contributed by atoms with Gasteiger partial charge in [0, 0.05) is 30.9 Å². The highest BCUT2D eigenvalue weighted by Crippen LogP contribution is 2.20. The van der Waals surface area contributed by atoms with Crippen molar-refractivity contribution in [1.82, 2.24) is 20.4 Å². The summed E-state index contributed by atoms with van der Waals surface area (Å²) in [7, 11) is 0. The molecule has 0 aliphatic carbocycles. The Hall–Kier alpha value is -1.56. The van der Waals surface area contributed by atoms with Crippen molar-refractivity contribution in [2.75, 3.05) is 19.6 Å². The normalized spacial score (nSPS) is 17.6. The van der Waals surface area contributed by atoms with Crippen LogP contribution in [-0.4, -0.2) is 52.4 Å². The van der Waals surface area contributed by atoms with Gasteiger partial charge in [-0.1, -0.05) is 0 Å². The van der Waals surface area contributed by atoms with Gasteiger partial charge in [-0.3, -0.25) is 5.10 Å². The highest BCUT2D eigenvalue weighted by molar-refractivity contribution is 5.80. The lowest BCUT2D eigenvalue weighted by molar-refractivity contribution is -0.0772. The molecular weight excluding hydrogens is 290 g/mol. The van der Waals surface area contributed by atoms with Crippen molar-refractivity contribution in [1.29, 1.82) is 0 Å². The minimum atomic E-state index is -0.0652. The molecule has 0 amide bonds. The number of hydrogen-bond donors (Lipinski definition) is 2. The molecule has 2 N–H and O–H groups in total. The van der Waals surface area contributed by atoms with Gasteiger partial charge in [-0.15, -0.1) is 0 Å². The van der Waals surface area contributed by atoms with E-state index in [2.05, 4.69) is 48.1 Å². The maximum absolute atomic E-state index is 6.10. The summed E-state index contributed by atoms with van der Waals surface area (Å²) in [5, 5.41) is 10.4. The average Bonchev–Trinajstić information content (AvgIpc) is 2.88. The highest BCUT2D eigenvalue weighted by Gasteiger charge is 2.25. The molecular formula is C17H31N5O. The van der Waals surface area contributed by atoms with Crippen LogP contribution in [0.5, 0.6) is 0 Å². The molecule has 2 heterocycles. The highest BCUT2D eigenvalue weighted by atomic mass is 16.5. The fourth-order valence-corrected chi connectivity index (χ4v) is 2.81. The third kappa shape index (κ3) is 5.53. The summed E-state index contributed by atoms with van der Waals surface area (Å²) in [6, 6.07) is 0. The molecule has 130 valence electrons. The monoisotopic (exact) mass is 321 g/mol. The zero-order chi connectivity index (χ0) is 16.9. The first-order valence-corrected chi connectivity index (χ1v) is 8.59. The Balaban J connectivity index is 1.93. The van der Waals surface area contributed by atoms with E-state index in [1.807, 2.05) is 13.1 Å². The third-order valence-electron chi connectivity index (χ3n) is 3.93. The second-order valence-corrected chi connectivity index (χ2v) is 7.11. The molecule has 1 fully saturated rings. The fraction of sp³-hybridized carbons (Fsp3) is 0.765. The summed E-state index contributed by atoms with van der Waals surface area (Å²) in [5.41, 5.74) is 2.16. The number of rotatable bonds is 4. The summed E-state index contributed by atoms with van der Waals surface area (Å²) >= 11 is 0. The number of guanidine groups is 1. The Bertz CT molecular complexity index is 509. The van der Waals surface area contributed by atoms with Gasteiger partial charge in [0.1, 0.15) is 0 Å².